The molecular weight excluding hydrogens is 256 g/mol. The van der Waals surface area contributed by atoms with Crippen LogP contribution in [0.5, 0.6) is 0 Å². The van der Waals surface area contributed by atoms with Crippen LogP contribution in [-0.2, 0) is 20.7 Å². The van der Waals surface area contributed by atoms with Gasteiger partial charge in [-0.3, -0.25) is 9.78 Å². The Kier molecular flexibility index (Phi) is 4.60. The number of ether oxygens (including phenoxy) is 2. The Labute approximate surface area is 119 Å². The van der Waals surface area contributed by atoms with Gasteiger partial charge in [-0.1, -0.05) is 0 Å². The molecule has 0 aliphatic carbocycles. The van der Waals surface area contributed by atoms with Gasteiger partial charge in [-0.05, 0) is 31.9 Å². The van der Waals surface area contributed by atoms with Crippen molar-refractivity contribution in [3.63, 3.8) is 0 Å². The minimum absolute atomic E-state index is 0.139. The number of morpholine rings is 1. The molecule has 0 amide bonds. The summed E-state index contributed by atoms with van der Waals surface area (Å²) in [5, 5.41) is 0. The lowest BCUT2D eigenvalue weighted by Crippen LogP contribution is -2.48. The van der Waals surface area contributed by atoms with E-state index >= 15 is 0 Å². The van der Waals surface area contributed by atoms with Gasteiger partial charge in [0.25, 0.3) is 0 Å². The molecule has 2 heterocycles. The summed E-state index contributed by atoms with van der Waals surface area (Å²) in [5.74, 6) is -0.192. The SMILES string of the molecule is COC(=O)CCc1cncc(N2CCOC(C)(C)C2)c1. The first-order chi connectivity index (χ1) is 9.50. The van der Waals surface area contributed by atoms with E-state index in [1.807, 2.05) is 6.20 Å². The highest BCUT2D eigenvalue weighted by atomic mass is 16.5. The highest BCUT2D eigenvalue weighted by Crippen LogP contribution is 2.23. The van der Waals surface area contributed by atoms with Gasteiger partial charge in [0.15, 0.2) is 0 Å². The van der Waals surface area contributed by atoms with Crippen molar-refractivity contribution < 1.29 is 14.3 Å². The van der Waals surface area contributed by atoms with E-state index < -0.39 is 0 Å². The Morgan fingerprint density at radius 3 is 3.00 bits per heavy atom. The topological polar surface area (TPSA) is 51.7 Å². The summed E-state index contributed by atoms with van der Waals surface area (Å²) in [7, 11) is 1.41. The second kappa shape index (κ2) is 6.22. The largest absolute Gasteiger partial charge is 0.469 e. The lowest BCUT2D eigenvalue weighted by molar-refractivity contribution is -0.140. The molecule has 0 radical (unpaired) electrons. The molecule has 0 spiro atoms. The standard InChI is InChI=1S/C15H22N2O3/c1-15(2)11-17(6-7-20-15)13-8-12(9-16-10-13)4-5-14(18)19-3/h8-10H,4-7,11H2,1-3H3. The molecule has 0 saturated carbocycles. The second-order valence-corrected chi connectivity index (χ2v) is 5.66. The molecular formula is C15H22N2O3. The summed E-state index contributed by atoms with van der Waals surface area (Å²) in [6.45, 7) is 6.61. The van der Waals surface area contributed by atoms with Crippen molar-refractivity contribution in [2.24, 2.45) is 0 Å². The van der Waals surface area contributed by atoms with Crippen LogP contribution in [0.1, 0.15) is 25.8 Å². The Balaban J connectivity index is 2.03. The summed E-state index contributed by atoms with van der Waals surface area (Å²) in [6, 6.07) is 2.09. The summed E-state index contributed by atoms with van der Waals surface area (Å²) >= 11 is 0. The molecule has 0 unspecified atom stereocenters. The quantitative estimate of drug-likeness (QED) is 0.786. The Morgan fingerprint density at radius 1 is 1.50 bits per heavy atom. The Hall–Kier alpha value is -1.62. The third kappa shape index (κ3) is 3.93. The number of hydrogen-bond donors (Lipinski definition) is 0. The van der Waals surface area contributed by atoms with E-state index in [1.165, 1.54) is 7.11 Å². The molecule has 1 saturated heterocycles. The number of rotatable bonds is 4. The predicted octanol–water partition coefficient (Wildman–Crippen LogP) is 1.80. The van der Waals surface area contributed by atoms with Gasteiger partial charge >= 0.3 is 5.97 Å². The molecule has 0 aromatic carbocycles. The molecule has 5 nitrogen and oxygen atoms in total. The van der Waals surface area contributed by atoms with Crippen molar-refractivity contribution in [1.29, 1.82) is 0 Å². The lowest BCUT2D eigenvalue weighted by Gasteiger charge is -2.39. The average molecular weight is 278 g/mol. The van der Waals surface area contributed by atoms with Crippen molar-refractivity contribution in [3.05, 3.63) is 24.0 Å². The van der Waals surface area contributed by atoms with Crippen LogP contribution in [0.4, 0.5) is 5.69 Å². The number of carbonyl (C=O) groups excluding carboxylic acids is 1. The van der Waals surface area contributed by atoms with Crippen molar-refractivity contribution in [1.82, 2.24) is 4.98 Å². The maximum Gasteiger partial charge on any atom is 0.305 e. The minimum Gasteiger partial charge on any atom is -0.469 e. The van der Waals surface area contributed by atoms with Gasteiger partial charge < -0.3 is 14.4 Å². The molecule has 110 valence electrons. The fourth-order valence-corrected chi connectivity index (χ4v) is 2.37. The van der Waals surface area contributed by atoms with Crippen molar-refractivity contribution in [2.45, 2.75) is 32.3 Å². The van der Waals surface area contributed by atoms with Gasteiger partial charge in [0.05, 0.1) is 31.2 Å². The fraction of sp³-hybridized carbons (Fsp3) is 0.600. The molecule has 1 aromatic heterocycles. The third-order valence-corrected chi connectivity index (χ3v) is 3.42. The number of aryl methyl sites for hydroxylation is 1. The molecule has 1 fully saturated rings. The number of pyridine rings is 1. The van der Waals surface area contributed by atoms with Gasteiger partial charge in [0.1, 0.15) is 0 Å². The summed E-state index contributed by atoms with van der Waals surface area (Å²) < 4.78 is 10.4. The van der Waals surface area contributed by atoms with Gasteiger partial charge in [-0.2, -0.15) is 0 Å². The highest BCUT2D eigenvalue weighted by Gasteiger charge is 2.27. The molecule has 0 N–H and O–H groups in total. The number of carbonyl (C=O) groups is 1. The Bertz CT molecular complexity index is 474. The van der Waals surface area contributed by atoms with Crippen LogP contribution in [0.3, 0.4) is 0 Å². The minimum atomic E-state index is -0.192. The van der Waals surface area contributed by atoms with E-state index in [0.717, 1.165) is 30.9 Å². The third-order valence-electron chi connectivity index (χ3n) is 3.42. The van der Waals surface area contributed by atoms with Crippen LogP contribution < -0.4 is 4.90 Å². The predicted molar refractivity (Wildman–Crippen MR) is 76.8 cm³/mol. The number of methoxy groups -OCH3 is 1. The molecule has 0 atom stereocenters. The van der Waals surface area contributed by atoms with E-state index in [0.29, 0.717) is 12.8 Å². The number of esters is 1. The van der Waals surface area contributed by atoms with Crippen molar-refractivity contribution >= 4 is 11.7 Å². The molecule has 5 heteroatoms. The van der Waals surface area contributed by atoms with E-state index in [9.17, 15) is 4.79 Å². The first-order valence-electron chi connectivity index (χ1n) is 6.90. The van der Waals surface area contributed by atoms with Crippen molar-refractivity contribution in [3.8, 4) is 0 Å². The normalized spacial score (nSPS) is 17.9. The van der Waals surface area contributed by atoms with E-state index in [-0.39, 0.29) is 11.6 Å². The second-order valence-electron chi connectivity index (χ2n) is 5.66. The van der Waals surface area contributed by atoms with E-state index in [1.54, 1.807) is 6.20 Å². The fourth-order valence-electron chi connectivity index (χ4n) is 2.37. The number of nitrogens with zero attached hydrogens (tertiary/aromatic N) is 2. The molecule has 20 heavy (non-hydrogen) atoms. The van der Waals surface area contributed by atoms with E-state index in [2.05, 4.69) is 34.5 Å². The maximum absolute atomic E-state index is 11.2. The van der Waals surface area contributed by atoms with Crippen LogP contribution in [0, 0.1) is 0 Å². The van der Waals surface area contributed by atoms with E-state index in [4.69, 9.17) is 4.74 Å². The van der Waals surface area contributed by atoms with Crippen LogP contribution in [-0.4, -0.2) is 43.4 Å². The van der Waals surface area contributed by atoms with Gasteiger partial charge in [0.2, 0.25) is 0 Å². The van der Waals surface area contributed by atoms with Gasteiger partial charge in [-0.15, -0.1) is 0 Å². The highest BCUT2D eigenvalue weighted by molar-refractivity contribution is 5.69. The van der Waals surface area contributed by atoms with Crippen LogP contribution in [0.2, 0.25) is 0 Å². The first-order valence-corrected chi connectivity index (χ1v) is 6.90. The first kappa shape index (κ1) is 14.8. The maximum atomic E-state index is 11.2. The molecule has 1 aromatic rings. The smallest absolute Gasteiger partial charge is 0.305 e. The molecule has 1 aliphatic heterocycles. The number of aromatic nitrogens is 1. The summed E-state index contributed by atoms with van der Waals surface area (Å²) in [6.07, 6.45) is 4.71. The average Bonchev–Trinajstić information content (AvgIpc) is 2.44. The van der Waals surface area contributed by atoms with Gasteiger partial charge in [0, 0.05) is 25.7 Å². The molecule has 1 aliphatic rings. The zero-order chi connectivity index (χ0) is 14.6. The zero-order valence-corrected chi connectivity index (χ0v) is 12.4. The zero-order valence-electron chi connectivity index (χ0n) is 12.4. The summed E-state index contributed by atoms with van der Waals surface area (Å²) in [4.78, 5) is 17.7. The van der Waals surface area contributed by atoms with Crippen LogP contribution >= 0.6 is 0 Å². The lowest BCUT2D eigenvalue weighted by atomic mass is 10.1. The number of anilines is 1. The Morgan fingerprint density at radius 2 is 2.30 bits per heavy atom. The monoisotopic (exact) mass is 278 g/mol. The van der Waals surface area contributed by atoms with Crippen LogP contribution in [0.25, 0.3) is 0 Å². The van der Waals surface area contributed by atoms with Crippen molar-refractivity contribution in [2.75, 3.05) is 31.7 Å². The summed E-state index contributed by atoms with van der Waals surface area (Å²) in [5.41, 5.74) is 2.00. The number of hydrogen-bond acceptors (Lipinski definition) is 5. The van der Waals surface area contributed by atoms with Gasteiger partial charge in [-0.25, -0.2) is 0 Å². The molecule has 2 rings (SSSR count). The van der Waals surface area contributed by atoms with Crippen LogP contribution in [0.15, 0.2) is 18.5 Å². The molecule has 0 bridgehead atoms.